The molecule has 7 heteroatoms. The van der Waals surface area contributed by atoms with E-state index in [0.29, 0.717) is 17.1 Å². The molecule has 0 saturated heterocycles. The first kappa shape index (κ1) is 14.8. The number of aromatic nitrogens is 4. The zero-order valence-electron chi connectivity index (χ0n) is 13.0. The van der Waals surface area contributed by atoms with Gasteiger partial charge in [-0.2, -0.15) is 4.98 Å². The molecular formula is C17H14N4O2S. The van der Waals surface area contributed by atoms with Crippen LogP contribution in [0.25, 0.3) is 21.6 Å². The van der Waals surface area contributed by atoms with Gasteiger partial charge in [-0.3, -0.25) is 9.36 Å². The second kappa shape index (κ2) is 6.01. The first-order valence-corrected chi connectivity index (χ1v) is 8.47. The number of rotatable bonds is 4. The van der Waals surface area contributed by atoms with Gasteiger partial charge in [-0.1, -0.05) is 36.3 Å². The Kier molecular flexibility index (Phi) is 3.70. The van der Waals surface area contributed by atoms with Crippen LogP contribution in [-0.2, 0) is 13.0 Å². The largest absolute Gasteiger partial charge is 0.337 e. The molecule has 0 amide bonds. The molecule has 0 aliphatic carbocycles. The predicted molar refractivity (Wildman–Crippen MR) is 92.1 cm³/mol. The topological polar surface area (TPSA) is 73.8 Å². The van der Waals surface area contributed by atoms with E-state index in [4.69, 9.17) is 4.52 Å². The minimum atomic E-state index is -0.103. The minimum Gasteiger partial charge on any atom is -0.337 e. The normalized spacial score (nSPS) is 11.2. The molecule has 24 heavy (non-hydrogen) atoms. The highest BCUT2D eigenvalue weighted by atomic mass is 32.1. The first-order chi connectivity index (χ1) is 11.7. The monoisotopic (exact) mass is 338 g/mol. The number of benzene rings is 1. The van der Waals surface area contributed by atoms with Gasteiger partial charge in [0, 0.05) is 5.56 Å². The number of hydrogen-bond acceptors (Lipinski definition) is 6. The van der Waals surface area contributed by atoms with Crippen molar-refractivity contribution in [1.29, 1.82) is 0 Å². The molecule has 0 spiro atoms. The van der Waals surface area contributed by atoms with Gasteiger partial charge in [0.1, 0.15) is 11.4 Å². The highest BCUT2D eigenvalue weighted by Crippen LogP contribution is 2.17. The van der Waals surface area contributed by atoms with Crippen molar-refractivity contribution < 1.29 is 4.52 Å². The molecule has 120 valence electrons. The van der Waals surface area contributed by atoms with Crippen LogP contribution in [0.2, 0.25) is 0 Å². The summed E-state index contributed by atoms with van der Waals surface area (Å²) < 4.78 is 6.76. The fourth-order valence-electron chi connectivity index (χ4n) is 2.48. The van der Waals surface area contributed by atoms with Gasteiger partial charge in [-0.25, -0.2) is 4.98 Å². The van der Waals surface area contributed by atoms with E-state index in [-0.39, 0.29) is 12.1 Å². The lowest BCUT2D eigenvalue weighted by Gasteiger charge is -2.00. The van der Waals surface area contributed by atoms with Gasteiger partial charge in [0.15, 0.2) is 0 Å². The van der Waals surface area contributed by atoms with Gasteiger partial charge in [0.05, 0.1) is 11.7 Å². The molecule has 1 aromatic carbocycles. The van der Waals surface area contributed by atoms with Crippen LogP contribution in [0.15, 0.2) is 51.4 Å². The number of nitrogens with zero attached hydrogens (tertiary/aromatic N) is 4. The van der Waals surface area contributed by atoms with Crippen LogP contribution in [0.4, 0.5) is 0 Å². The molecule has 4 aromatic rings. The van der Waals surface area contributed by atoms with Crippen LogP contribution < -0.4 is 5.56 Å². The van der Waals surface area contributed by atoms with Crippen LogP contribution in [-0.4, -0.2) is 19.7 Å². The van der Waals surface area contributed by atoms with Gasteiger partial charge in [0.25, 0.3) is 5.56 Å². The van der Waals surface area contributed by atoms with Crippen molar-refractivity contribution in [2.75, 3.05) is 0 Å². The van der Waals surface area contributed by atoms with E-state index >= 15 is 0 Å². The third kappa shape index (κ3) is 2.63. The Balaban J connectivity index is 1.62. The number of thiophene rings is 1. The maximum atomic E-state index is 12.4. The summed E-state index contributed by atoms with van der Waals surface area (Å²) in [6.45, 7) is 2.31. The molecule has 0 radical (unpaired) electrons. The second-order valence-corrected chi connectivity index (χ2v) is 6.27. The van der Waals surface area contributed by atoms with Crippen LogP contribution in [0, 0.1) is 0 Å². The first-order valence-electron chi connectivity index (χ1n) is 7.59. The van der Waals surface area contributed by atoms with Gasteiger partial charge in [-0.05, 0) is 23.4 Å². The summed E-state index contributed by atoms with van der Waals surface area (Å²) in [6.07, 6.45) is 2.50. The molecule has 0 aliphatic rings. The van der Waals surface area contributed by atoms with Crippen LogP contribution >= 0.6 is 11.3 Å². The lowest BCUT2D eigenvalue weighted by Crippen LogP contribution is -2.20. The summed E-state index contributed by atoms with van der Waals surface area (Å²) >= 11 is 1.44. The van der Waals surface area contributed by atoms with Crippen molar-refractivity contribution in [3.05, 3.63) is 63.8 Å². The lowest BCUT2D eigenvalue weighted by molar-refractivity contribution is 0.369. The van der Waals surface area contributed by atoms with E-state index in [0.717, 1.165) is 16.8 Å². The standard InChI is InChI=1S/C17H14N4O2S/c1-2-11-3-5-12(6-4-11)15-19-14(23-20-15)9-21-10-18-16-13(17(21)22)7-8-24-16/h3-8,10H,2,9H2,1H3. The number of aryl methyl sites for hydroxylation is 1. The third-order valence-corrected chi connectivity index (χ3v) is 4.67. The van der Waals surface area contributed by atoms with Gasteiger partial charge in [0.2, 0.25) is 11.7 Å². The maximum absolute atomic E-state index is 12.4. The molecule has 0 fully saturated rings. The molecular weight excluding hydrogens is 324 g/mol. The van der Waals surface area contributed by atoms with E-state index in [2.05, 4.69) is 22.0 Å². The average Bonchev–Trinajstić information content (AvgIpc) is 3.27. The molecule has 0 atom stereocenters. The molecule has 0 N–H and O–H groups in total. The van der Waals surface area contributed by atoms with Crippen molar-refractivity contribution in [1.82, 2.24) is 19.7 Å². The second-order valence-electron chi connectivity index (χ2n) is 5.38. The zero-order valence-corrected chi connectivity index (χ0v) is 13.8. The summed E-state index contributed by atoms with van der Waals surface area (Å²) in [6, 6.07) is 9.81. The van der Waals surface area contributed by atoms with Crippen LogP contribution in [0.1, 0.15) is 18.4 Å². The Morgan fingerprint density at radius 3 is 2.83 bits per heavy atom. The lowest BCUT2D eigenvalue weighted by atomic mass is 10.1. The van der Waals surface area contributed by atoms with Crippen molar-refractivity contribution in [2.24, 2.45) is 0 Å². The minimum absolute atomic E-state index is 0.103. The van der Waals surface area contributed by atoms with E-state index in [1.807, 2.05) is 29.6 Å². The molecule has 0 aliphatic heterocycles. The van der Waals surface area contributed by atoms with Gasteiger partial charge in [-0.15, -0.1) is 11.3 Å². The highest BCUT2D eigenvalue weighted by molar-refractivity contribution is 7.16. The Morgan fingerprint density at radius 2 is 2.04 bits per heavy atom. The Morgan fingerprint density at radius 1 is 1.21 bits per heavy atom. The van der Waals surface area contributed by atoms with E-state index in [9.17, 15) is 4.79 Å². The predicted octanol–water partition coefficient (Wildman–Crippen LogP) is 3.12. The van der Waals surface area contributed by atoms with Crippen molar-refractivity contribution in [3.8, 4) is 11.4 Å². The van der Waals surface area contributed by atoms with Crippen molar-refractivity contribution in [3.63, 3.8) is 0 Å². The van der Waals surface area contributed by atoms with Gasteiger partial charge < -0.3 is 4.52 Å². The Bertz CT molecular complexity index is 1050. The molecule has 0 bridgehead atoms. The van der Waals surface area contributed by atoms with Crippen molar-refractivity contribution >= 4 is 21.6 Å². The van der Waals surface area contributed by atoms with Crippen LogP contribution in [0.5, 0.6) is 0 Å². The fourth-order valence-corrected chi connectivity index (χ4v) is 3.20. The van der Waals surface area contributed by atoms with Crippen LogP contribution in [0.3, 0.4) is 0 Å². The fraction of sp³-hybridized carbons (Fsp3) is 0.176. The Labute approximate surface area is 141 Å². The Hall–Kier alpha value is -2.80. The molecule has 3 heterocycles. The average molecular weight is 338 g/mol. The quantitative estimate of drug-likeness (QED) is 0.571. The SMILES string of the molecule is CCc1ccc(-c2noc(Cn3cnc4sccc4c3=O)n2)cc1. The number of fused-ring (bicyclic) bond motifs is 1. The molecule has 0 saturated carbocycles. The van der Waals surface area contributed by atoms with E-state index in [1.165, 1.54) is 27.8 Å². The van der Waals surface area contributed by atoms with E-state index < -0.39 is 0 Å². The zero-order chi connectivity index (χ0) is 16.5. The summed E-state index contributed by atoms with van der Waals surface area (Å²) in [5.74, 6) is 0.897. The summed E-state index contributed by atoms with van der Waals surface area (Å²) in [5, 5.41) is 6.46. The van der Waals surface area contributed by atoms with Gasteiger partial charge >= 0.3 is 0 Å². The third-order valence-electron chi connectivity index (χ3n) is 3.84. The summed E-state index contributed by atoms with van der Waals surface area (Å²) in [5.41, 5.74) is 2.04. The molecule has 6 nitrogen and oxygen atoms in total. The molecule has 0 unspecified atom stereocenters. The molecule has 4 rings (SSSR count). The smallest absolute Gasteiger partial charge is 0.262 e. The summed E-state index contributed by atoms with van der Waals surface area (Å²) in [4.78, 5) is 21.8. The van der Waals surface area contributed by atoms with E-state index in [1.54, 1.807) is 6.07 Å². The summed E-state index contributed by atoms with van der Waals surface area (Å²) in [7, 11) is 0. The number of hydrogen-bond donors (Lipinski definition) is 0. The highest BCUT2D eigenvalue weighted by Gasteiger charge is 2.11. The molecule has 3 aromatic heterocycles. The van der Waals surface area contributed by atoms with Crippen molar-refractivity contribution in [2.45, 2.75) is 19.9 Å². The maximum Gasteiger partial charge on any atom is 0.262 e.